The number of hydrogen-bond acceptors (Lipinski definition) is 6. The molecule has 1 saturated heterocycles. The highest BCUT2D eigenvalue weighted by Crippen LogP contribution is 2.27. The minimum atomic E-state index is -0.760. The fourth-order valence-electron chi connectivity index (χ4n) is 2.78. The molecular weight excluding hydrogens is 381 g/mol. The molecule has 162 valence electrons. The Balaban J connectivity index is 1.83. The Kier molecular flexibility index (Phi) is 8.66. The number of cyclic esters (lactones) is 1. The van der Waals surface area contributed by atoms with Crippen molar-refractivity contribution in [3.63, 3.8) is 0 Å². The summed E-state index contributed by atoms with van der Waals surface area (Å²) in [6.45, 7) is 7.15. The van der Waals surface area contributed by atoms with Gasteiger partial charge in [0.15, 0.2) is 11.6 Å². The minimum Gasteiger partial charge on any atom is -0.488 e. The van der Waals surface area contributed by atoms with Gasteiger partial charge in [-0.3, -0.25) is 9.69 Å². The molecule has 2 rings (SSSR count). The van der Waals surface area contributed by atoms with Gasteiger partial charge in [-0.2, -0.15) is 0 Å². The fourth-order valence-corrected chi connectivity index (χ4v) is 2.78. The number of carbonyl (C=O) groups excluding carboxylic acids is 2. The summed E-state index contributed by atoms with van der Waals surface area (Å²) in [6, 6.07) is 4.15. The van der Waals surface area contributed by atoms with Gasteiger partial charge >= 0.3 is 6.09 Å². The van der Waals surface area contributed by atoms with Crippen LogP contribution in [0.15, 0.2) is 18.2 Å². The predicted octanol–water partition coefficient (Wildman–Crippen LogP) is 1.66. The first-order chi connectivity index (χ1) is 13.8. The number of carbonyl (C=O) groups is 2. The van der Waals surface area contributed by atoms with Gasteiger partial charge in [-0.15, -0.1) is 0 Å². The Bertz CT molecular complexity index is 701. The maximum absolute atomic E-state index is 14.4. The lowest BCUT2D eigenvalue weighted by atomic mass is 10.1. The molecule has 1 aromatic rings. The van der Waals surface area contributed by atoms with Gasteiger partial charge in [0.1, 0.15) is 18.8 Å². The topological polar surface area (TPSA) is 100 Å². The number of rotatable bonds is 11. The maximum Gasteiger partial charge on any atom is 0.414 e. The number of aliphatic hydroxyl groups is 1. The van der Waals surface area contributed by atoms with E-state index in [1.807, 2.05) is 0 Å². The number of halogens is 1. The molecule has 0 spiro atoms. The third-order valence-electron chi connectivity index (χ3n) is 4.39. The smallest absolute Gasteiger partial charge is 0.414 e. The largest absolute Gasteiger partial charge is 0.488 e. The molecule has 0 aromatic heterocycles. The van der Waals surface area contributed by atoms with Crippen molar-refractivity contribution in [1.82, 2.24) is 10.6 Å². The van der Waals surface area contributed by atoms with Crippen LogP contribution in [0.4, 0.5) is 14.9 Å². The molecule has 8 nitrogen and oxygen atoms in total. The Morgan fingerprint density at radius 2 is 2.21 bits per heavy atom. The highest BCUT2D eigenvalue weighted by molar-refractivity contribution is 5.89. The van der Waals surface area contributed by atoms with Crippen molar-refractivity contribution in [3.8, 4) is 5.75 Å². The Morgan fingerprint density at radius 1 is 1.45 bits per heavy atom. The van der Waals surface area contributed by atoms with Crippen LogP contribution in [-0.4, -0.2) is 62.1 Å². The molecule has 1 heterocycles. The summed E-state index contributed by atoms with van der Waals surface area (Å²) in [7, 11) is 0. The lowest BCUT2D eigenvalue weighted by Crippen LogP contribution is -2.33. The van der Waals surface area contributed by atoms with Crippen LogP contribution in [-0.2, 0) is 9.53 Å². The van der Waals surface area contributed by atoms with Crippen LogP contribution in [0.5, 0.6) is 5.75 Å². The molecule has 1 aromatic carbocycles. The highest BCUT2D eigenvalue weighted by atomic mass is 19.1. The van der Waals surface area contributed by atoms with E-state index in [1.165, 1.54) is 24.0 Å². The van der Waals surface area contributed by atoms with Crippen molar-refractivity contribution in [3.05, 3.63) is 24.0 Å². The Labute approximate surface area is 170 Å². The quantitative estimate of drug-likeness (QED) is 0.479. The number of amides is 2. The molecule has 0 unspecified atom stereocenters. The van der Waals surface area contributed by atoms with Crippen molar-refractivity contribution >= 4 is 17.7 Å². The van der Waals surface area contributed by atoms with E-state index in [0.717, 1.165) is 13.0 Å². The number of hydrogen-bond donors (Lipinski definition) is 3. The third kappa shape index (κ3) is 7.51. The number of aliphatic hydroxyl groups excluding tert-OH is 1. The standard InChI is InChI=1S/C20H30FN3O5/c1-13(2)6-7-22-9-16(26)12-28-19-5-4-15(8-18(19)21)24-11-17(29-20(24)27)10-23-14(3)25/h4-5,8,13,16-17,22,26H,6-7,9-12H2,1-3H3,(H,23,25)/t16-,17+/m1/s1. The van der Waals surface area contributed by atoms with Crippen molar-refractivity contribution in [1.29, 1.82) is 0 Å². The summed E-state index contributed by atoms with van der Waals surface area (Å²) in [5.74, 6) is -0.278. The van der Waals surface area contributed by atoms with Crippen LogP contribution in [0, 0.1) is 11.7 Å². The number of nitrogens with one attached hydrogen (secondary N) is 2. The van der Waals surface area contributed by atoms with E-state index in [-0.39, 0.29) is 31.4 Å². The van der Waals surface area contributed by atoms with Crippen molar-refractivity contribution in [2.24, 2.45) is 5.92 Å². The van der Waals surface area contributed by atoms with E-state index >= 15 is 0 Å². The molecule has 2 amide bonds. The van der Waals surface area contributed by atoms with Gasteiger partial charge < -0.3 is 25.2 Å². The van der Waals surface area contributed by atoms with Gasteiger partial charge in [-0.25, -0.2) is 9.18 Å². The SMILES string of the molecule is CC(=O)NC[C@H]1CN(c2ccc(OC[C@H](O)CNCCC(C)C)c(F)c2)C(=O)O1. The normalized spacial score (nSPS) is 17.4. The van der Waals surface area contributed by atoms with E-state index in [4.69, 9.17) is 9.47 Å². The third-order valence-corrected chi connectivity index (χ3v) is 4.39. The van der Waals surface area contributed by atoms with Gasteiger partial charge in [0, 0.05) is 19.5 Å². The summed E-state index contributed by atoms with van der Waals surface area (Å²) in [6.07, 6.45) is -0.849. The molecule has 0 saturated carbocycles. The molecular formula is C20H30FN3O5. The van der Waals surface area contributed by atoms with Crippen LogP contribution in [0.3, 0.4) is 0 Å². The van der Waals surface area contributed by atoms with Crippen LogP contribution in [0.25, 0.3) is 0 Å². The van der Waals surface area contributed by atoms with Crippen LogP contribution < -0.4 is 20.3 Å². The van der Waals surface area contributed by atoms with Crippen LogP contribution >= 0.6 is 0 Å². The molecule has 0 aliphatic carbocycles. The Morgan fingerprint density at radius 3 is 2.86 bits per heavy atom. The zero-order valence-electron chi connectivity index (χ0n) is 17.1. The second-order valence-electron chi connectivity index (χ2n) is 7.52. The molecule has 9 heteroatoms. The van der Waals surface area contributed by atoms with E-state index in [9.17, 15) is 19.1 Å². The molecule has 0 bridgehead atoms. The van der Waals surface area contributed by atoms with E-state index < -0.39 is 24.1 Å². The number of anilines is 1. The average molecular weight is 411 g/mol. The fraction of sp³-hybridized carbons (Fsp3) is 0.600. The average Bonchev–Trinajstić information content (AvgIpc) is 3.03. The zero-order valence-corrected chi connectivity index (χ0v) is 17.1. The summed E-state index contributed by atoms with van der Waals surface area (Å²) in [5.41, 5.74) is 0.334. The second-order valence-corrected chi connectivity index (χ2v) is 7.52. The first-order valence-electron chi connectivity index (χ1n) is 9.80. The molecule has 2 atom stereocenters. The van der Waals surface area contributed by atoms with Gasteiger partial charge in [-0.1, -0.05) is 13.8 Å². The van der Waals surface area contributed by atoms with Crippen molar-refractivity contribution < 1.29 is 28.6 Å². The second kappa shape index (κ2) is 11.0. The molecule has 29 heavy (non-hydrogen) atoms. The first kappa shape index (κ1) is 22.9. The highest BCUT2D eigenvalue weighted by Gasteiger charge is 2.32. The van der Waals surface area contributed by atoms with Crippen LogP contribution in [0.1, 0.15) is 27.2 Å². The number of ether oxygens (including phenoxy) is 2. The maximum atomic E-state index is 14.4. The van der Waals surface area contributed by atoms with Gasteiger partial charge in [-0.05, 0) is 31.0 Å². The summed E-state index contributed by atoms with van der Waals surface area (Å²) in [4.78, 5) is 24.3. The van der Waals surface area contributed by atoms with Crippen molar-refractivity contribution in [2.75, 3.05) is 37.7 Å². The molecule has 1 aliphatic heterocycles. The lowest BCUT2D eigenvalue weighted by molar-refractivity contribution is -0.119. The van der Waals surface area contributed by atoms with Gasteiger partial charge in [0.25, 0.3) is 0 Å². The van der Waals surface area contributed by atoms with E-state index in [2.05, 4.69) is 24.5 Å². The monoisotopic (exact) mass is 411 g/mol. The number of nitrogens with zero attached hydrogens (tertiary/aromatic N) is 1. The summed E-state index contributed by atoms with van der Waals surface area (Å²) < 4.78 is 24.9. The lowest BCUT2D eigenvalue weighted by Gasteiger charge is -2.16. The molecule has 3 N–H and O–H groups in total. The minimum absolute atomic E-state index is 0.00246. The Hall–Kier alpha value is -2.39. The summed E-state index contributed by atoms with van der Waals surface area (Å²) in [5, 5.41) is 15.7. The molecule has 1 fully saturated rings. The van der Waals surface area contributed by atoms with E-state index in [1.54, 1.807) is 6.07 Å². The number of benzene rings is 1. The van der Waals surface area contributed by atoms with Crippen molar-refractivity contribution in [2.45, 2.75) is 39.4 Å². The predicted molar refractivity (Wildman–Crippen MR) is 107 cm³/mol. The molecule has 0 radical (unpaired) electrons. The zero-order chi connectivity index (χ0) is 21.4. The van der Waals surface area contributed by atoms with Gasteiger partial charge in [0.05, 0.1) is 18.8 Å². The van der Waals surface area contributed by atoms with Crippen LogP contribution in [0.2, 0.25) is 0 Å². The summed E-state index contributed by atoms with van der Waals surface area (Å²) >= 11 is 0. The van der Waals surface area contributed by atoms with E-state index in [0.29, 0.717) is 18.2 Å². The van der Waals surface area contributed by atoms with Gasteiger partial charge in [0.2, 0.25) is 5.91 Å². The molecule has 1 aliphatic rings. The first-order valence-corrected chi connectivity index (χ1v) is 9.80.